The van der Waals surface area contributed by atoms with Gasteiger partial charge < -0.3 is 25.4 Å². The standard InChI is InChI=1S/C38H37F4N3O4/c1-23-5-4-7-32(39)35(23)37(48)45-33-8-3-2-6-25(33)19-27(20-34(47)44-30-14-11-26(22-46)31(21-30)38(40,41)42)36(45)24-9-12-28(13-10-24)43-29-15-17-49-18-16-29/h2-14,21,27,29,36,43,46H,15-20,22H2,1H3,(H,44,47)/t27-,36+/m1/s1. The van der Waals surface area contributed by atoms with Crippen molar-refractivity contribution in [3.63, 3.8) is 0 Å². The summed E-state index contributed by atoms with van der Waals surface area (Å²) in [5, 5.41) is 15.5. The lowest BCUT2D eigenvalue weighted by molar-refractivity contribution is -0.138. The van der Waals surface area contributed by atoms with Crippen molar-refractivity contribution in [1.29, 1.82) is 0 Å². The monoisotopic (exact) mass is 675 g/mol. The number of alkyl halides is 3. The van der Waals surface area contributed by atoms with E-state index >= 15 is 4.39 Å². The van der Waals surface area contributed by atoms with Gasteiger partial charge in [-0.25, -0.2) is 4.39 Å². The fraction of sp³-hybridized carbons (Fsp3) is 0.316. The summed E-state index contributed by atoms with van der Waals surface area (Å²) in [7, 11) is 0. The van der Waals surface area contributed by atoms with Crippen molar-refractivity contribution in [3.8, 4) is 0 Å². The number of anilines is 3. The van der Waals surface area contributed by atoms with Crippen LogP contribution in [0.1, 0.15) is 63.5 Å². The summed E-state index contributed by atoms with van der Waals surface area (Å²) in [6, 6.07) is 22.1. The fourth-order valence-corrected chi connectivity index (χ4v) is 6.90. The van der Waals surface area contributed by atoms with Crippen LogP contribution in [-0.2, 0) is 28.7 Å². The predicted molar refractivity (Wildman–Crippen MR) is 179 cm³/mol. The molecule has 1 saturated heterocycles. The van der Waals surface area contributed by atoms with E-state index in [2.05, 4.69) is 10.6 Å². The van der Waals surface area contributed by atoms with E-state index in [0.717, 1.165) is 41.8 Å². The third-order valence-corrected chi connectivity index (χ3v) is 9.27. The first-order valence-electron chi connectivity index (χ1n) is 16.2. The number of nitrogens with one attached hydrogen (secondary N) is 2. The molecule has 0 unspecified atom stereocenters. The molecule has 2 aliphatic rings. The summed E-state index contributed by atoms with van der Waals surface area (Å²) in [5.41, 5.74) is 1.96. The second kappa shape index (κ2) is 14.4. The lowest BCUT2D eigenvalue weighted by Crippen LogP contribution is -2.44. The van der Waals surface area contributed by atoms with Crippen LogP contribution in [0.4, 0.5) is 34.6 Å². The van der Waals surface area contributed by atoms with Crippen LogP contribution in [0.15, 0.2) is 84.9 Å². The minimum absolute atomic E-state index is 0.0688. The van der Waals surface area contributed by atoms with Gasteiger partial charge >= 0.3 is 6.18 Å². The summed E-state index contributed by atoms with van der Waals surface area (Å²) >= 11 is 0. The molecule has 1 fully saturated rings. The van der Waals surface area contributed by atoms with Crippen LogP contribution < -0.4 is 15.5 Å². The van der Waals surface area contributed by atoms with Gasteiger partial charge in [-0.1, -0.05) is 48.5 Å². The van der Waals surface area contributed by atoms with Crippen molar-refractivity contribution in [1.82, 2.24) is 0 Å². The molecule has 0 saturated carbocycles. The number of hydrogen-bond acceptors (Lipinski definition) is 5. The van der Waals surface area contributed by atoms with E-state index in [-0.39, 0.29) is 29.3 Å². The number of fused-ring (bicyclic) bond motifs is 1. The summed E-state index contributed by atoms with van der Waals surface area (Å²) in [4.78, 5) is 29.6. The number of amides is 2. The Labute approximate surface area is 281 Å². The van der Waals surface area contributed by atoms with Gasteiger partial charge in [0.2, 0.25) is 5.91 Å². The summed E-state index contributed by atoms with van der Waals surface area (Å²) in [5.74, 6) is -2.30. The smallest absolute Gasteiger partial charge is 0.392 e. The zero-order valence-electron chi connectivity index (χ0n) is 26.9. The number of rotatable bonds is 8. The van der Waals surface area contributed by atoms with E-state index in [1.165, 1.54) is 18.2 Å². The van der Waals surface area contributed by atoms with Gasteiger partial charge in [0.1, 0.15) is 5.82 Å². The molecule has 256 valence electrons. The van der Waals surface area contributed by atoms with Crippen LogP contribution >= 0.6 is 0 Å². The van der Waals surface area contributed by atoms with E-state index in [9.17, 15) is 27.9 Å². The Kier molecular flexibility index (Phi) is 10.0. The maximum absolute atomic E-state index is 15.3. The maximum atomic E-state index is 15.3. The number of benzene rings is 4. The van der Waals surface area contributed by atoms with Gasteiger partial charge in [-0.05, 0) is 90.8 Å². The summed E-state index contributed by atoms with van der Waals surface area (Å²) < 4.78 is 61.8. The fourth-order valence-electron chi connectivity index (χ4n) is 6.90. The molecule has 0 aromatic heterocycles. The second-order valence-corrected chi connectivity index (χ2v) is 12.6. The number of para-hydroxylation sites is 1. The Morgan fingerprint density at radius 2 is 1.65 bits per heavy atom. The van der Waals surface area contributed by atoms with Crippen LogP contribution in [0, 0.1) is 18.7 Å². The van der Waals surface area contributed by atoms with Crippen molar-refractivity contribution in [2.24, 2.45) is 5.92 Å². The van der Waals surface area contributed by atoms with Crippen molar-refractivity contribution in [2.75, 3.05) is 28.7 Å². The van der Waals surface area contributed by atoms with Gasteiger partial charge in [0.05, 0.1) is 23.8 Å². The molecule has 2 heterocycles. The highest BCUT2D eigenvalue weighted by Gasteiger charge is 2.41. The van der Waals surface area contributed by atoms with E-state index in [1.807, 2.05) is 36.4 Å². The largest absolute Gasteiger partial charge is 0.416 e. The Morgan fingerprint density at radius 1 is 0.939 bits per heavy atom. The molecule has 0 spiro atoms. The average molecular weight is 676 g/mol. The van der Waals surface area contributed by atoms with Crippen molar-refractivity contribution >= 4 is 28.9 Å². The quantitative estimate of drug-likeness (QED) is 0.166. The van der Waals surface area contributed by atoms with Crippen molar-refractivity contribution < 1.29 is 37.0 Å². The molecule has 49 heavy (non-hydrogen) atoms. The molecule has 2 atom stereocenters. The number of halogens is 4. The lowest BCUT2D eigenvalue weighted by Gasteiger charge is -2.43. The molecule has 4 aromatic rings. The number of aryl methyl sites for hydroxylation is 1. The Morgan fingerprint density at radius 3 is 2.35 bits per heavy atom. The van der Waals surface area contributed by atoms with Crippen molar-refractivity contribution in [3.05, 3.63) is 124 Å². The first kappa shape index (κ1) is 34.1. The highest BCUT2D eigenvalue weighted by atomic mass is 19.4. The molecular weight excluding hydrogens is 638 g/mol. The van der Waals surface area contributed by atoms with Crippen LogP contribution in [0.2, 0.25) is 0 Å². The molecule has 0 aliphatic carbocycles. The molecule has 3 N–H and O–H groups in total. The second-order valence-electron chi connectivity index (χ2n) is 12.6. The van der Waals surface area contributed by atoms with E-state index < -0.39 is 47.9 Å². The van der Waals surface area contributed by atoms with Gasteiger partial charge in [0, 0.05) is 42.7 Å². The number of carbonyl (C=O) groups excluding carboxylic acids is 2. The zero-order chi connectivity index (χ0) is 34.7. The molecule has 2 aliphatic heterocycles. The number of aliphatic hydroxyl groups excluding tert-OH is 1. The van der Waals surface area contributed by atoms with E-state index in [4.69, 9.17) is 4.74 Å². The molecule has 7 nitrogen and oxygen atoms in total. The molecule has 6 rings (SSSR count). The van der Waals surface area contributed by atoms with Gasteiger partial charge in [-0.15, -0.1) is 0 Å². The number of ether oxygens (including phenoxy) is 1. The van der Waals surface area contributed by atoms with Gasteiger partial charge in [-0.2, -0.15) is 13.2 Å². The molecule has 4 aromatic carbocycles. The van der Waals surface area contributed by atoms with Crippen LogP contribution in [-0.4, -0.2) is 36.2 Å². The zero-order valence-corrected chi connectivity index (χ0v) is 26.9. The third kappa shape index (κ3) is 7.47. The van der Waals surface area contributed by atoms with E-state index in [1.54, 1.807) is 30.0 Å². The molecule has 11 heteroatoms. The average Bonchev–Trinajstić information content (AvgIpc) is 3.08. The third-order valence-electron chi connectivity index (χ3n) is 9.27. The first-order valence-corrected chi connectivity index (χ1v) is 16.2. The van der Waals surface area contributed by atoms with Crippen LogP contribution in [0.25, 0.3) is 0 Å². The molecule has 0 radical (unpaired) electrons. The Balaban J connectivity index is 1.37. The number of aliphatic hydroxyl groups is 1. The van der Waals surface area contributed by atoms with Crippen LogP contribution in [0.5, 0.6) is 0 Å². The SMILES string of the molecule is Cc1cccc(F)c1C(=O)N1c2ccccc2C[C@H](CC(=O)Nc2ccc(CO)c(C(F)(F)F)c2)[C@@H]1c1ccc(NC2CCOCC2)cc1. The number of carbonyl (C=O) groups is 2. The minimum atomic E-state index is -4.73. The summed E-state index contributed by atoms with van der Waals surface area (Å²) in [6.07, 6.45) is -2.75. The highest BCUT2D eigenvalue weighted by Crippen LogP contribution is 2.45. The number of hydrogen-bond donors (Lipinski definition) is 3. The molecular formula is C38H37F4N3O4. The minimum Gasteiger partial charge on any atom is -0.392 e. The Hall–Kier alpha value is -4.74. The highest BCUT2D eigenvalue weighted by molar-refractivity contribution is 6.08. The Bertz CT molecular complexity index is 1800. The topological polar surface area (TPSA) is 90.9 Å². The molecule has 2 amide bonds. The normalized spacial score (nSPS) is 18.1. The maximum Gasteiger partial charge on any atom is 0.416 e. The van der Waals surface area contributed by atoms with Crippen molar-refractivity contribution in [2.45, 2.75) is 57.5 Å². The summed E-state index contributed by atoms with van der Waals surface area (Å²) in [6.45, 7) is 2.22. The first-order chi connectivity index (χ1) is 23.5. The number of nitrogens with zero attached hydrogens (tertiary/aromatic N) is 1. The van der Waals surface area contributed by atoms with Crippen LogP contribution in [0.3, 0.4) is 0 Å². The lowest BCUT2D eigenvalue weighted by atomic mass is 9.79. The van der Waals surface area contributed by atoms with E-state index in [0.29, 0.717) is 30.9 Å². The van der Waals surface area contributed by atoms with Gasteiger partial charge in [0.15, 0.2) is 0 Å². The molecule has 0 bridgehead atoms. The van der Waals surface area contributed by atoms with Gasteiger partial charge in [0.25, 0.3) is 5.91 Å². The predicted octanol–water partition coefficient (Wildman–Crippen LogP) is 7.83. The van der Waals surface area contributed by atoms with Gasteiger partial charge in [-0.3, -0.25) is 9.59 Å².